The maximum atomic E-state index is 10.9. The lowest BCUT2D eigenvalue weighted by molar-refractivity contribution is -0.143. The maximum absolute atomic E-state index is 10.9. The van der Waals surface area contributed by atoms with Crippen molar-refractivity contribution >= 4 is 5.97 Å². The molecule has 1 rings (SSSR count). The minimum absolute atomic E-state index is 0.254. The SMILES string of the molecule is CC(C)Cc1noc(CNC(C)(C)C(=O)O)n1. The Labute approximate surface area is 100 Å². The summed E-state index contributed by atoms with van der Waals surface area (Å²) in [5.74, 6) is 0.614. The van der Waals surface area contributed by atoms with Crippen molar-refractivity contribution in [1.29, 1.82) is 0 Å². The predicted octanol–water partition coefficient (Wildman–Crippen LogP) is 1.22. The molecule has 0 spiro atoms. The van der Waals surface area contributed by atoms with Crippen LogP contribution in [0.4, 0.5) is 0 Å². The zero-order valence-electron chi connectivity index (χ0n) is 10.6. The van der Waals surface area contributed by atoms with Crippen molar-refractivity contribution in [2.75, 3.05) is 0 Å². The maximum Gasteiger partial charge on any atom is 0.323 e. The molecular weight excluding hydrogens is 222 g/mol. The summed E-state index contributed by atoms with van der Waals surface area (Å²) in [6.45, 7) is 7.56. The van der Waals surface area contributed by atoms with Crippen LogP contribution in [-0.2, 0) is 17.8 Å². The van der Waals surface area contributed by atoms with Crippen LogP contribution in [-0.4, -0.2) is 26.8 Å². The van der Waals surface area contributed by atoms with E-state index in [-0.39, 0.29) is 6.54 Å². The average Bonchev–Trinajstić information content (AvgIpc) is 2.61. The number of hydrogen-bond acceptors (Lipinski definition) is 5. The highest BCUT2D eigenvalue weighted by molar-refractivity contribution is 5.77. The van der Waals surface area contributed by atoms with E-state index in [1.807, 2.05) is 0 Å². The molecule has 0 bridgehead atoms. The van der Waals surface area contributed by atoms with Crippen LogP contribution in [0.5, 0.6) is 0 Å². The molecule has 0 amide bonds. The molecule has 0 aliphatic carbocycles. The van der Waals surface area contributed by atoms with Gasteiger partial charge in [-0.1, -0.05) is 19.0 Å². The summed E-state index contributed by atoms with van der Waals surface area (Å²) in [6.07, 6.45) is 0.756. The Morgan fingerprint density at radius 3 is 2.71 bits per heavy atom. The highest BCUT2D eigenvalue weighted by Gasteiger charge is 2.26. The van der Waals surface area contributed by atoms with Gasteiger partial charge in [0.25, 0.3) is 0 Å². The molecule has 0 saturated heterocycles. The molecule has 1 aromatic heterocycles. The third-order valence-corrected chi connectivity index (χ3v) is 2.32. The molecule has 0 fully saturated rings. The number of carbonyl (C=O) groups is 1. The predicted molar refractivity (Wildman–Crippen MR) is 61.4 cm³/mol. The first-order valence-electron chi connectivity index (χ1n) is 5.61. The van der Waals surface area contributed by atoms with Crippen LogP contribution < -0.4 is 5.32 Å². The first kappa shape index (κ1) is 13.6. The van der Waals surface area contributed by atoms with Gasteiger partial charge in [0.15, 0.2) is 5.82 Å². The molecule has 0 atom stereocenters. The molecule has 6 heteroatoms. The highest BCUT2D eigenvalue weighted by Crippen LogP contribution is 2.07. The van der Waals surface area contributed by atoms with Crippen LogP contribution in [0.15, 0.2) is 4.52 Å². The average molecular weight is 241 g/mol. The van der Waals surface area contributed by atoms with Gasteiger partial charge in [0, 0.05) is 6.42 Å². The number of aliphatic carboxylic acids is 1. The molecule has 0 aliphatic rings. The fourth-order valence-corrected chi connectivity index (χ4v) is 1.18. The van der Waals surface area contributed by atoms with Crippen LogP contribution in [0.25, 0.3) is 0 Å². The number of hydrogen-bond donors (Lipinski definition) is 2. The van der Waals surface area contributed by atoms with E-state index in [9.17, 15) is 4.79 Å². The van der Waals surface area contributed by atoms with Gasteiger partial charge in [-0.2, -0.15) is 4.98 Å². The van der Waals surface area contributed by atoms with Crippen LogP contribution in [0, 0.1) is 5.92 Å². The molecule has 0 aliphatic heterocycles. The summed E-state index contributed by atoms with van der Waals surface area (Å²) in [5, 5.41) is 15.6. The number of carboxylic acid groups (broad SMARTS) is 1. The van der Waals surface area contributed by atoms with Gasteiger partial charge in [-0.25, -0.2) is 0 Å². The van der Waals surface area contributed by atoms with E-state index >= 15 is 0 Å². The van der Waals surface area contributed by atoms with E-state index in [0.717, 1.165) is 6.42 Å². The Kier molecular flexibility index (Phi) is 4.22. The van der Waals surface area contributed by atoms with Gasteiger partial charge in [0.2, 0.25) is 5.89 Å². The number of nitrogens with zero attached hydrogens (tertiary/aromatic N) is 2. The van der Waals surface area contributed by atoms with E-state index in [0.29, 0.717) is 17.6 Å². The largest absolute Gasteiger partial charge is 0.480 e. The first-order chi connectivity index (χ1) is 7.81. The lowest BCUT2D eigenvalue weighted by atomic mass is 10.1. The standard InChI is InChI=1S/C11H19N3O3/c1-7(2)5-8-13-9(17-14-8)6-12-11(3,4)10(15)16/h7,12H,5-6H2,1-4H3,(H,15,16). The topological polar surface area (TPSA) is 88.2 Å². The van der Waals surface area contributed by atoms with Gasteiger partial charge in [0.1, 0.15) is 5.54 Å². The van der Waals surface area contributed by atoms with Crippen LogP contribution in [0.2, 0.25) is 0 Å². The Bertz CT molecular complexity index is 385. The van der Waals surface area contributed by atoms with Crippen molar-refractivity contribution < 1.29 is 14.4 Å². The molecule has 2 N–H and O–H groups in total. The van der Waals surface area contributed by atoms with Crippen LogP contribution >= 0.6 is 0 Å². The van der Waals surface area contributed by atoms with Crippen LogP contribution in [0.1, 0.15) is 39.4 Å². The second kappa shape index (κ2) is 5.27. The summed E-state index contributed by atoms with van der Waals surface area (Å²) in [7, 11) is 0. The fraction of sp³-hybridized carbons (Fsp3) is 0.727. The van der Waals surface area contributed by atoms with E-state index in [1.54, 1.807) is 13.8 Å². The van der Waals surface area contributed by atoms with Gasteiger partial charge in [0.05, 0.1) is 6.54 Å². The Balaban J connectivity index is 2.53. The van der Waals surface area contributed by atoms with Gasteiger partial charge in [-0.3, -0.25) is 10.1 Å². The Hall–Kier alpha value is -1.43. The van der Waals surface area contributed by atoms with E-state index < -0.39 is 11.5 Å². The minimum Gasteiger partial charge on any atom is -0.480 e. The Morgan fingerprint density at radius 2 is 2.18 bits per heavy atom. The molecular formula is C11H19N3O3. The lowest BCUT2D eigenvalue weighted by Gasteiger charge is -2.19. The smallest absolute Gasteiger partial charge is 0.323 e. The molecule has 0 saturated carbocycles. The zero-order valence-corrected chi connectivity index (χ0v) is 10.6. The third-order valence-electron chi connectivity index (χ3n) is 2.32. The molecule has 6 nitrogen and oxygen atoms in total. The summed E-state index contributed by atoms with van der Waals surface area (Å²) in [6, 6.07) is 0. The molecule has 96 valence electrons. The minimum atomic E-state index is -1.01. The number of rotatable bonds is 6. The van der Waals surface area contributed by atoms with Crippen molar-refractivity contribution in [2.24, 2.45) is 5.92 Å². The molecule has 0 unspecified atom stereocenters. The molecule has 0 aromatic carbocycles. The second-order valence-corrected chi connectivity index (χ2v) is 4.99. The number of aromatic nitrogens is 2. The van der Waals surface area contributed by atoms with Crippen molar-refractivity contribution in [3.05, 3.63) is 11.7 Å². The third kappa shape index (κ3) is 4.14. The van der Waals surface area contributed by atoms with Crippen molar-refractivity contribution in [2.45, 2.75) is 46.2 Å². The van der Waals surface area contributed by atoms with Crippen molar-refractivity contribution in [3.8, 4) is 0 Å². The van der Waals surface area contributed by atoms with E-state index in [4.69, 9.17) is 9.63 Å². The molecule has 17 heavy (non-hydrogen) atoms. The van der Waals surface area contributed by atoms with E-state index in [1.165, 1.54) is 0 Å². The Morgan fingerprint density at radius 1 is 1.53 bits per heavy atom. The summed E-state index contributed by atoms with van der Waals surface area (Å²) >= 11 is 0. The van der Waals surface area contributed by atoms with Gasteiger partial charge >= 0.3 is 5.97 Å². The van der Waals surface area contributed by atoms with Gasteiger partial charge in [-0.15, -0.1) is 0 Å². The van der Waals surface area contributed by atoms with Gasteiger partial charge in [-0.05, 0) is 19.8 Å². The first-order valence-corrected chi connectivity index (χ1v) is 5.61. The normalized spacial score (nSPS) is 12.1. The zero-order chi connectivity index (χ0) is 13.1. The monoisotopic (exact) mass is 241 g/mol. The van der Waals surface area contributed by atoms with Crippen molar-refractivity contribution in [1.82, 2.24) is 15.5 Å². The fourth-order valence-electron chi connectivity index (χ4n) is 1.18. The molecule has 1 aromatic rings. The summed E-state index contributed by atoms with van der Waals surface area (Å²) in [5.41, 5.74) is -1.01. The molecule has 1 heterocycles. The quantitative estimate of drug-likeness (QED) is 0.778. The van der Waals surface area contributed by atoms with Crippen LogP contribution in [0.3, 0.4) is 0 Å². The summed E-state index contributed by atoms with van der Waals surface area (Å²) < 4.78 is 5.02. The number of carboxylic acids is 1. The van der Waals surface area contributed by atoms with Crippen molar-refractivity contribution in [3.63, 3.8) is 0 Å². The van der Waals surface area contributed by atoms with E-state index in [2.05, 4.69) is 29.3 Å². The molecule has 0 radical (unpaired) electrons. The summed E-state index contributed by atoms with van der Waals surface area (Å²) in [4.78, 5) is 15.0. The highest BCUT2D eigenvalue weighted by atomic mass is 16.5. The number of nitrogens with one attached hydrogen (secondary N) is 1. The second-order valence-electron chi connectivity index (χ2n) is 4.99. The van der Waals surface area contributed by atoms with Gasteiger partial charge < -0.3 is 9.63 Å². The lowest BCUT2D eigenvalue weighted by Crippen LogP contribution is -2.46.